The van der Waals surface area contributed by atoms with Gasteiger partial charge in [-0.15, -0.1) is 0 Å². The maximum Gasteiger partial charge on any atom is 0.247 e. The van der Waals surface area contributed by atoms with E-state index in [2.05, 4.69) is 5.32 Å². The summed E-state index contributed by atoms with van der Waals surface area (Å²) >= 11 is 0. The second kappa shape index (κ2) is 9.91. The van der Waals surface area contributed by atoms with Crippen molar-refractivity contribution < 1.29 is 18.0 Å². The Labute approximate surface area is 192 Å². The zero-order chi connectivity index (χ0) is 23.5. The van der Waals surface area contributed by atoms with Crippen molar-refractivity contribution in [1.29, 1.82) is 0 Å². The molecule has 1 aromatic rings. The fraction of sp³-hybridized carbons (Fsp3) is 0.667. The average molecular weight is 464 g/mol. The number of rotatable bonds is 5. The van der Waals surface area contributed by atoms with Gasteiger partial charge >= 0.3 is 0 Å². The number of carbonyl (C=O) groups is 2. The molecule has 0 unspecified atom stereocenters. The van der Waals surface area contributed by atoms with Crippen LogP contribution in [0.4, 0.5) is 5.69 Å². The van der Waals surface area contributed by atoms with Crippen molar-refractivity contribution >= 4 is 27.5 Å². The number of piperazine rings is 1. The van der Waals surface area contributed by atoms with E-state index in [1.165, 1.54) is 28.5 Å². The lowest BCUT2D eigenvalue weighted by Gasteiger charge is -2.47. The fourth-order valence-electron chi connectivity index (χ4n) is 4.82. The molecule has 0 spiro atoms. The maximum absolute atomic E-state index is 13.7. The van der Waals surface area contributed by atoms with Crippen LogP contribution in [-0.2, 0) is 19.6 Å². The number of nitrogens with one attached hydrogen (secondary N) is 1. The quantitative estimate of drug-likeness (QED) is 0.726. The molecule has 1 saturated carbocycles. The SMILES string of the molecule is CCS(=O)(=O)N1CC(=O)N(c2cc(C)ccc2C)[C@@](C)(C(=O)NC2CCCCCCC2)C1. The summed E-state index contributed by atoms with van der Waals surface area (Å²) in [6, 6.07) is 5.85. The zero-order valence-electron chi connectivity index (χ0n) is 19.8. The number of amides is 2. The summed E-state index contributed by atoms with van der Waals surface area (Å²) in [4.78, 5) is 28.7. The van der Waals surface area contributed by atoms with Gasteiger partial charge in [-0.2, -0.15) is 4.31 Å². The third kappa shape index (κ3) is 5.17. The van der Waals surface area contributed by atoms with Crippen LogP contribution in [-0.4, -0.2) is 55.0 Å². The molecule has 2 fully saturated rings. The van der Waals surface area contributed by atoms with Gasteiger partial charge in [0.05, 0.1) is 12.3 Å². The molecule has 1 heterocycles. The molecular weight excluding hydrogens is 426 g/mol. The number of carbonyl (C=O) groups excluding carboxylic acids is 2. The van der Waals surface area contributed by atoms with E-state index >= 15 is 0 Å². The first kappa shape index (κ1) is 24.7. The highest BCUT2D eigenvalue weighted by Crippen LogP contribution is 2.34. The van der Waals surface area contributed by atoms with Crippen LogP contribution >= 0.6 is 0 Å². The molecule has 1 atom stereocenters. The van der Waals surface area contributed by atoms with Crippen LogP contribution in [0.5, 0.6) is 0 Å². The molecule has 0 bridgehead atoms. The Bertz CT molecular complexity index is 954. The number of hydrogen-bond donors (Lipinski definition) is 1. The van der Waals surface area contributed by atoms with E-state index in [-0.39, 0.29) is 36.7 Å². The van der Waals surface area contributed by atoms with E-state index in [0.29, 0.717) is 5.69 Å². The van der Waals surface area contributed by atoms with Gasteiger partial charge in [-0.25, -0.2) is 8.42 Å². The summed E-state index contributed by atoms with van der Waals surface area (Å²) in [6.45, 7) is 6.79. The van der Waals surface area contributed by atoms with Gasteiger partial charge in [0.15, 0.2) is 0 Å². The fourth-order valence-corrected chi connectivity index (χ4v) is 5.94. The van der Waals surface area contributed by atoms with Crippen molar-refractivity contribution in [2.45, 2.75) is 84.2 Å². The molecule has 1 aliphatic heterocycles. The Kier molecular flexibility index (Phi) is 7.65. The first-order valence-electron chi connectivity index (χ1n) is 11.8. The third-order valence-corrected chi connectivity index (χ3v) is 8.61. The number of sulfonamides is 1. The molecular formula is C24H37N3O4S. The highest BCUT2D eigenvalue weighted by atomic mass is 32.2. The minimum Gasteiger partial charge on any atom is -0.351 e. The van der Waals surface area contributed by atoms with Crippen LogP contribution in [0.2, 0.25) is 0 Å². The second-order valence-electron chi connectivity index (χ2n) is 9.48. The van der Waals surface area contributed by atoms with Gasteiger partial charge < -0.3 is 5.32 Å². The second-order valence-corrected chi connectivity index (χ2v) is 11.7. The van der Waals surface area contributed by atoms with Crippen molar-refractivity contribution in [3.63, 3.8) is 0 Å². The van der Waals surface area contributed by atoms with Crippen LogP contribution in [0, 0.1) is 13.8 Å². The standard InChI is InChI=1S/C24H37N3O4S/c1-5-32(30,31)26-16-22(28)27(21-15-18(2)13-14-19(21)3)24(4,17-26)23(29)25-20-11-9-7-6-8-10-12-20/h13-15,20H,5-12,16-17H2,1-4H3,(H,25,29)/t24-/m1/s1. The average Bonchev–Trinajstić information content (AvgIpc) is 2.71. The summed E-state index contributed by atoms with van der Waals surface area (Å²) in [5.41, 5.74) is 1.18. The Morgan fingerprint density at radius 3 is 2.38 bits per heavy atom. The van der Waals surface area contributed by atoms with Crippen LogP contribution in [0.3, 0.4) is 0 Å². The predicted molar refractivity (Wildman–Crippen MR) is 127 cm³/mol. The predicted octanol–water partition coefficient (Wildman–Crippen LogP) is 3.29. The molecule has 32 heavy (non-hydrogen) atoms. The van der Waals surface area contributed by atoms with E-state index < -0.39 is 15.6 Å². The van der Waals surface area contributed by atoms with Crippen LogP contribution < -0.4 is 10.2 Å². The smallest absolute Gasteiger partial charge is 0.247 e. The largest absolute Gasteiger partial charge is 0.351 e. The minimum absolute atomic E-state index is 0.0494. The summed E-state index contributed by atoms with van der Waals surface area (Å²) in [7, 11) is -3.62. The lowest BCUT2D eigenvalue weighted by molar-refractivity contribution is -0.133. The van der Waals surface area contributed by atoms with Crippen LogP contribution in [0.25, 0.3) is 0 Å². The first-order chi connectivity index (χ1) is 15.1. The van der Waals surface area contributed by atoms with Gasteiger partial charge in [-0.05, 0) is 57.7 Å². The summed E-state index contributed by atoms with van der Waals surface area (Å²) in [5, 5.41) is 3.19. The van der Waals surface area contributed by atoms with Gasteiger partial charge in [-0.1, -0.05) is 44.2 Å². The number of nitrogens with zero attached hydrogens (tertiary/aromatic N) is 2. The molecule has 0 radical (unpaired) electrons. The molecule has 0 aromatic heterocycles. The Hall–Kier alpha value is -1.93. The summed E-state index contributed by atoms with van der Waals surface area (Å²) < 4.78 is 26.5. The normalized spacial score (nSPS) is 24.1. The Morgan fingerprint density at radius 2 is 1.75 bits per heavy atom. The molecule has 2 amide bonds. The van der Waals surface area contributed by atoms with E-state index in [9.17, 15) is 18.0 Å². The Balaban J connectivity index is 1.99. The van der Waals surface area contributed by atoms with Crippen LogP contribution in [0.15, 0.2) is 18.2 Å². The van der Waals surface area contributed by atoms with Gasteiger partial charge in [-0.3, -0.25) is 14.5 Å². The van der Waals surface area contributed by atoms with Gasteiger partial charge in [0.25, 0.3) is 0 Å². The van der Waals surface area contributed by atoms with E-state index in [1.54, 1.807) is 13.8 Å². The van der Waals surface area contributed by atoms with E-state index in [4.69, 9.17) is 0 Å². The molecule has 2 aliphatic rings. The summed E-state index contributed by atoms with van der Waals surface area (Å²) in [6.07, 6.45) is 7.53. The third-order valence-electron chi connectivity index (χ3n) is 6.83. The number of benzene rings is 1. The topological polar surface area (TPSA) is 86.8 Å². The molecule has 1 aliphatic carbocycles. The van der Waals surface area contributed by atoms with Crippen molar-refractivity contribution in [3.05, 3.63) is 29.3 Å². The molecule has 8 heteroatoms. The molecule has 178 valence electrons. The highest BCUT2D eigenvalue weighted by molar-refractivity contribution is 7.89. The molecule has 1 saturated heterocycles. The first-order valence-corrected chi connectivity index (χ1v) is 13.4. The van der Waals surface area contributed by atoms with Crippen molar-refractivity contribution in [2.24, 2.45) is 0 Å². The lowest BCUT2D eigenvalue weighted by Crippen LogP contribution is -2.71. The van der Waals surface area contributed by atoms with Crippen molar-refractivity contribution in [2.75, 3.05) is 23.7 Å². The Morgan fingerprint density at radius 1 is 1.12 bits per heavy atom. The molecule has 3 rings (SSSR count). The van der Waals surface area contributed by atoms with Crippen molar-refractivity contribution in [3.8, 4) is 0 Å². The number of aryl methyl sites for hydroxylation is 2. The molecule has 7 nitrogen and oxygen atoms in total. The van der Waals surface area contributed by atoms with Crippen molar-refractivity contribution in [1.82, 2.24) is 9.62 Å². The van der Waals surface area contributed by atoms with Gasteiger partial charge in [0.2, 0.25) is 21.8 Å². The van der Waals surface area contributed by atoms with E-state index in [0.717, 1.165) is 36.8 Å². The lowest BCUT2D eigenvalue weighted by atomic mass is 9.91. The van der Waals surface area contributed by atoms with E-state index in [1.807, 2.05) is 32.0 Å². The number of anilines is 1. The van der Waals surface area contributed by atoms with Crippen LogP contribution in [0.1, 0.15) is 69.9 Å². The minimum atomic E-state index is -3.62. The summed E-state index contributed by atoms with van der Waals surface area (Å²) in [5.74, 6) is -0.769. The maximum atomic E-state index is 13.7. The zero-order valence-corrected chi connectivity index (χ0v) is 20.6. The highest BCUT2D eigenvalue weighted by Gasteiger charge is 2.51. The number of hydrogen-bond acceptors (Lipinski definition) is 4. The molecule has 1 N–H and O–H groups in total. The monoisotopic (exact) mass is 463 g/mol. The van der Waals surface area contributed by atoms with Gasteiger partial charge in [0, 0.05) is 18.3 Å². The molecule has 1 aromatic carbocycles. The van der Waals surface area contributed by atoms with Gasteiger partial charge in [0.1, 0.15) is 5.54 Å².